The first kappa shape index (κ1) is 26.2. The number of ether oxygens (including phenoxy) is 1. The Labute approximate surface area is 221 Å². The van der Waals surface area contributed by atoms with Crippen LogP contribution < -0.4 is 10.3 Å². The molecule has 1 amide bonds. The lowest BCUT2D eigenvalue weighted by Crippen LogP contribution is -2.25. The van der Waals surface area contributed by atoms with Gasteiger partial charge in [-0.25, -0.2) is 9.97 Å². The topological polar surface area (TPSA) is 115 Å². The minimum atomic E-state index is -3.04. The third-order valence-corrected chi connectivity index (χ3v) is 6.48. The van der Waals surface area contributed by atoms with Crippen molar-refractivity contribution in [3.8, 4) is 16.9 Å². The Bertz CT molecular complexity index is 1640. The van der Waals surface area contributed by atoms with Crippen LogP contribution >= 0.6 is 0 Å². The number of benzene rings is 2. The molecule has 0 saturated carbocycles. The molecule has 0 aliphatic carbocycles. The number of amides is 1. The van der Waals surface area contributed by atoms with Gasteiger partial charge in [0.05, 0.1) is 30.3 Å². The van der Waals surface area contributed by atoms with E-state index in [2.05, 4.69) is 15.0 Å². The summed E-state index contributed by atoms with van der Waals surface area (Å²) in [6.45, 7) is 0.490. The summed E-state index contributed by atoms with van der Waals surface area (Å²) in [5.41, 5.74) is 1.64. The van der Waals surface area contributed by atoms with Crippen LogP contribution in [-0.2, 0) is 30.5 Å². The van der Waals surface area contributed by atoms with E-state index in [9.17, 15) is 23.5 Å². The number of carbonyl (C=O) groups excluding carboxylic acids is 1. The average molecular weight is 537 g/mol. The number of nitrogens with zero attached hydrogens (tertiary/aromatic N) is 6. The molecule has 0 bridgehead atoms. The second-order valence-electron chi connectivity index (χ2n) is 9.77. The zero-order chi connectivity index (χ0) is 27.9. The molecule has 2 aromatic carbocycles. The predicted octanol–water partition coefficient (Wildman–Crippen LogP) is 3.04. The lowest BCUT2D eigenvalue weighted by molar-refractivity contribution is -0.125. The molecule has 202 valence electrons. The van der Waals surface area contributed by atoms with Gasteiger partial charge in [0.2, 0.25) is 5.91 Å². The molecule has 4 aromatic rings. The van der Waals surface area contributed by atoms with Crippen molar-refractivity contribution in [1.29, 1.82) is 0 Å². The molecule has 39 heavy (non-hydrogen) atoms. The fourth-order valence-corrected chi connectivity index (χ4v) is 4.46. The molecule has 0 atom stereocenters. The maximum Gasteiger partial charge on any atom is 0.387 e. The molecule has 0 radical (unpaired) electrons. The van der Waals surface area contributed by atoms with Crippen molar-refractivity contribution < 1.29 is 23.4 Å². The Hall–Kier alpha value is -4.45. The number of halogens is 2. The van der Waals surface area contributed by atoms with Crippen LogP contribution in [0, 0.1) is 0 Å². The van der Waals surface area contributed by atoms with Gasteiger partial charge < -0.3 is 9.84 Å². The van der Waals surface area contributed by atoms with E-state index in [1.807, 2.05) is 0 Å². The molecule has 1 N–H and O–H groups in total. The standard InChI is InChI=1S/C27H26F2N6O4/c1-27(2,38)25-31-10-19(11-32-25)17-5-6-20-21(9-17)35(33(3)24(20)37)14-18-8-16(4-7-22(18)39-26(28)29)13-34-15-30-12-23(34)36/h4-11,15,26,38H,12-14H2,1-3H3. The SMILES string of the molecule is Cn1c(=O)c2ccc(-c3cnc(C(C)(C)O)nc3)cc2n1Cc1cc(CN2C=NCC2=O)ccc1OC(F)F. The number of hydrogen-bond acceptors (Lipinski definition) is 7. The predicted molar refractivity (Wildman–Crippen MR) is 140 cm³/mol. The Morgan fingerprint density at radius 1 is 1.05 bits per heavy atom. The van der Waals surface area contributed by atoms with Crippen LogP contribution in [0.3, 0.4) is 0 Å². The van der Waals surface area contributed by atoms with Gasteiger partial charge in [-0.1, -0.05) is 12.1 Å². The number of carbonyl (C=O) groups is 1. The highest BCUT2D eigenvalue weighted by atomic mass is 19.3. The molecule has 1 aliphatic heterocycles. The van der Waals surface area contributed by atoms with Gasteiger partial charge in [-0.05, 0) is 49.2 Å². The van der Waals surface area contributed by atoms with E-state index in [4.69, 9.17) is 4.74 Å². The molecular weight excluding hydrogens is 510 g/mol. The zero-order valence-corrected chi connectivity index (χ0v) is 21.5. The minimum Gasteiger partial charge on any atom is -0.434 e. The number of aromatic nitrogens is 4. The van der Waals surface area contributed by atoms with E-state index < -0.39 is 12.2 Å². The number of alkyl halides is 2. The number of aliphatic hydroxyl groups is 1. The molecule has 0 fully saturated rings. The van der Waals surface area contributed by atoms with Gasteiger partial charge in [-0.15, -0.1) is 0 Å². The van der Waals surface area contributed by atoms with Crippen molar-refractivity contribution in [3.63, 3.8) is 0 Å². The maximum atomic E-state index is 13.2. The summed E-state index contributed by atoms with van der Waals surface area (Å²) in [5, 5.41) is 10.6. The highest BCUT2D eigenvalue weighted by molar-refractivity contribution is 5.93. The van der Waals surface area contributed by atoms with Crippen molar-refractivity contribution in [2.75, 3.05) is 6.54 Å². The third kappa shape index (κ3) is 5.28. The summed E-state index contributed by atoms with van der Waals surface area (Å²) >= 11 is 0. The summed E-state index contributed by atoms with van der Waals surface area (Å²) in [4.78, 5) is 38.9. The summed E-state index contributed by atoms with van der Waals surface area (Å²) in [7, 11) is 1.60. The second kappa shape index (κ2) is 10.0. The first-order valence-corrected chi connectivity index (χ1v) is 12.1. The van der Waals surface area contributed by atoms with Gasteiger partial charge in [0.25, 0.3) is 5.56 Å². The van der Waals surface area contributed by atoms with Crippen molar-refractivity contribution in [2.45, 2.75) is 39.1 Å². The van der Waals surface area contributed by atoms with Crippen molar-refractivity contribution >= 4 is 23.1 Å². The summed E-state index contributed by atoms with van der Waals surface area (Å²) in [6.07, 6.45) is 4.63. The largest absolute Gasteiger partial charge is 0.434 e. The maximum absolute atomic E-state index is 13.2. The molecule has 5 rings (SSSR count). The van der Waals surface area contributed by atoms with Gasteiger partial charge in [-0.3, -0.25) is 28.8 Å². The van der Waals surface area contributed by atoms with E-state index in [-0.39, 0.29) is 42.7 Å². The lowest BCUT2D eigenvalue weighted by Gasteiger charge is -2.17. The number of hydrogen-bond donors (Lipinski definition) is 1. The Kier molecular flexibility index (Phi) is 6.73. The third-order valence-electron chi connectivity index (χ3n) is 6.48. The Morgan fingerprint density at radius 3 is 2.44 bits per heavy atom. The van der Waals surface area contributed by atoms with Crippen molar-refractivity contribution in [2.24, 2.45) is 12.0 Å². The van der Waals surface area contributed by atoms with Gasteiger partial charge in [0.1, 0.15) is 17.9 Å². The smallest absolute Gasteiger partial charge is 0.387 e. The fraction of sp³-hybridized carbons (Fsp3) is 0.296. The quantitative estimate of drug-likeness (QED) is 0.370. The molecule has 0 spiro atoms. The molecule has 10 nitrogen and oxygen atoms in total. The fourth-order valence-electron chi connectivity index (χ4n) is 4.46. The first-order valence-electron chi connectivity index (χ1n) is 12.1. The van der Waals surface area contributed by atoms with Gasteiger partial charge >= 0.3 is 6.61 Å². The van der Waals surface area contributed by atoms with E-state index in [1.54, 1.807) is 68.3 Å². The van der Waals surface area contributed by atoms with Gasteiger partial charge in [-0.2, -0.15) is 8.78 Å². The molecule has 12 heteroatoms. The van der Waals surface area contributed by atoms with Crippen LogP contribution in [0.2, 0.25) is 0 Å². The van der Waals surface area contributed by atoms with Gasteiger partial charge in [0, 0.05) is 30.6 Å². The highest BCUT2D eigenvalue weighted by Crippen LogP contribution is 2.28. The number of fused-ring (bicyclic) bond motifs is 1. The van der Waals surface area contributed by atoms with E-state index in [1.165, 1.54) is 22.0 Å². The lowest BCUT2D eigenvalue weighted by atomic mass is 10.1. The van der Waals surface area contributed by atoms with E-state index in [0.717, 1.165) is 5.56 Å². The number of rotatable bonds is 8. The Morgan fingerprint density at radius 2 is 1.79 bits per heavy atom. The summed E-state index contributed by atoms with van der Waals surface area (Å²) in [5.74, 6) is 0.0869. The molecular formula is C27H26F2N6O4. The summed E-state index contributed by atoms with van der Waals surface area (Å²) in [6, 6.07) is 10.0. The van der Waals surface area contributed by atoms with Crippen LogP contribution in [0.5, 0.6) is 5.75 Å². The van der Waals surface area contributed by atoms with E-state index in [0.29, 0.717) is 27.6 Å². The first-order chi connectivity index (χ1) is 18.5. The van der Waals surface area contributed by atoms with Crippen molar-refractivity contribution in [3.05, 3.63) is 76.1 Å². The normalized spacial score (nSPS) is 13.7. The number of aliphatic imine (C=N–C) groups is 1. The molecule has 2 aromatic heterocycles. The van der Waals surface area contributed by atoms with Crippen molar-refractivity contribution in [1.82, 2.24) is 24.2 Å². The van der Waals surface area contributed by atoms with Gasteiger partial charge in [0.15, 0.2) is 5.82 Å². The van der Waals surface area contributed by atoms with Crippen LogP contribution in [0.15, 0.2) is 58.6 Å². The van der Waals surface area contributed by atoms with Crippen LogP contribution in [0.4, 0.5) is 8.78 Å². The van der Waals surface area contributed by atoms with E-state index >= 15 is 0 Å². The second-order valence-corrected chi connectivity index (χ2v) is 9.77. The highest BCUT2D eigenvalue weighted by Gasteiger charge is 2.21. The summed E-state index contributed by atoms with van der Waals surface area (Å²) < 4.78 is 34.3. The molecule has 1 aliphatic rings. The zero-order valence-electron chi connectivity index (χ0n) is 21.5. The van der Waals surface area contributed by atoms with Crippen LogP contribution in [-0.4, -0.2) is 54.7 Å². The minimum absolute atomic E-state index is 0.0313. The monoisotopic (exact) mass is 536 g/mol. The average Bonchev–Trinajstić information content (AvgIpc) is 3.40. The van der Waals surface area contributed by atoms with Crippen LogP contribution in [0.25, 0.3) is 22.0 Å². The molecule has 3 heterocycles. The van der Waals surface area contributed by atoms with Crippen LogP contribution in [0.1, 0.15) is 30.8 Å². The molecule has 0 saturated heterocycles. The Balaban J connectivity index is 1.55. The molecule has 0 unspecified atom stereocenters.